The van der Waals surface area contributed by atoms with Gasteiger partial charge in [-0.3, -0.25) is 4.79 Å². The second-order valence-corrected chi connectivity index (χ2v) is 4.59. The van der Waals surface area contributed by atoms with Gasteiger partial charge in [-0.05, 0) is 36.3 Å². The van der Waals surface area contributed by atoms with E-state index in [2.05, 4.69) is 10.3 Å². The molecule has 2 N–H and O–H groups in total. The molecule has 2 aromatic rings. The number of amides is 1. The lowest BCUT2D eigenvalue weighted by Gasteiger charge is -2.09. The molecule has 0 saturated heterocycles. The van der Waals surface area contributed by atoms with E-state index in [1.54, 1.807) is 36.1 Å². The summed E-state index contributed by atoms with van der Waals surface area (Å²) in [6, 6.07) is 5.29. The first kappa shape index (κ1) is 14.5. The number of hydrogen-bond donors (Lipinski definition) is 2. The number of nitrogens with zero attached hydrogens (tertiary/aromatic N) is 2. The molecule has 1 aromatic heterocycles. The molecule has 1 amide bonds. The fraction of sp³-hybridized carbons (Fsp3) is 0.133. The van der Waals surface area contributed by atoms with Gasteiger partial charge in [0, 0.05) is 18.8 Å². The topological polar surface area (TPSA) is 84.2 Å². The molecule has 0 aliphatic rings. The Kier molecular flexibility index (Phi) is 4.18. The Balaban J connectivity index is 2.16. The number of aliphatic carboxylic acids is 1. The summed E-state index contributed by atoms with van der Waals surface area (Å²) in [4.78, 5) is 26.5. The summed E-state index contributed by atoms with van der Waals surface area (Å²) in [5.74, 6) is -1.24. The third-order valence-corrected chi connectivity index (χ3v) is 2.97. The van der Waals surface area contributed by atoms with Crippen molar-refractivity contribution in [3.8, 4) is 0 Å². The molecule has 2 rings (SSSR count). The van der Waals surface area contributed by atoms with Crippen LogP contribution in [0.2, 0.25) is 0 Å². The molecule has 0 unspecified atom stereocenters. The summed E-state index contributed by atoms with van der Waals surface area (Å²) in [5.41, 5.74) is 2.74. The molecule has 6 nitrogen and oxygen atoms in total. The van der Waals surface area contributed by atoms with Gasteiger partial charge in [0.05, 0.1) is 12.5 Å². The largest absolute Gasteiger partial charge is 0.478 e. The molecule has 0 saturated carbocycles. The van der Waals surface area contributed by atoms with Crippen LogP contribution in [-0.2, 0) is 11.8 Å². The number of rotatable bonds is 4. The number of carboxylic acids is 1. The van der Waals surface area contributed by atoms with E-state index in [0.717, 1.165) is 17.2 Å². The molecule has 0 aliphatic heterocycles. The predicted molar refractivity (Wildman–Crippen MR) is 79.0 cm³/mol. The van der Waals surface area contributed by atoms with E-state index in [0.29, 0.717) is 11.4 Å². The third-order valence-electron chi connectivity index (χ3n) is 2.97. The van der Waals surface area contributed by atoms with E-state index >= 15 is 0 Å². The first-order valence-electron chi connectivity index (χ1n) is 6.26. The zero-order chi connectivity index (χ0) is 15.4. The van der Waals surface area contributed by atoms with Crippen LogP contribution in [0.4, 0.5) is 5.69 Å². The minimum Gasteiger partial charge on any atom is -0.478 e. The first-order chi connectivity index (χ1) is 9.97. The fourth-order valence-electron chi connectivity index (χ4n) is 1.86. The highest BCUT2D eigenvalue weighted by atomic mass is 16.4. The fourth-order valence-corrected chi connectivity index (χ4v) is 1.86. The monoisotopic (exact) mass is 285 g/mol. The van der Waals surface area contributed by atoms with Crippen LogP contribution in [0.15, 0.2) is 36.8 Å². The van der Waals surface area contributed by atoms with Crippen LogP contribution >= 0.6 is 0 Å². The third kappa shape index (κ3) is 3.56. The second-order valence-electron chi connectivity index (χ2n) is 4.59. The molecule has 0 atom stereocenters. The number of imidazole rings is 1. The van der Waals surface area contributed by atoms with E-state index in [1.807, 2.05) is 6.92 Å². The van der Waals surface area contributed by atoms with Crippen molar-refractivity contribution in [3.63, 3.8) is 0 Å². The van der Waals surface area contributed by atoms with Crippen molar-refractivity contribution < 1.29 is 14.7 Å². The summed E-state index contributed by atoms with van der Waals surface area (Å²) in [6.07, 6.45) is 5.63. The normalized spacial score (nSPS) is 10.8. The number of benzene rings is 1. The average Bonchev–Trinajstić information content (AvgIpc) is 2.85. The number of anilines is 1. The highest BCUT2D eigenvalue weighted by molar-refractivity contribution is 6.03. The van der Waals surface area contributed by atoms with E-state index in [1.165, 1.54) is 12.3 Å². The van der Waals surface area contributed by atoms with Crippen molar-refractivity contribution in [2.24, 2.45) is 7.05 Å². The summed E-state index contributed by atoms with van der Waals surface area (Å²) >= 11 is 0. The molecule has 1 heterocycles. The Morgan fingerprint density at radius 3 is 2.71 bits per heavy atom. The quantitative estimate of drug-likeness (QED) is 0.842. The zero-order valence-corrected chi connectivity index (χ0v) is 11.7. The maximum absolute atomic E-state index is 12.1. The lowest BCUT2D eigenvalue weighted by Crippen LogP contribution is -2.16. The minimum atomic E-state index is -0.999. The lowest BCUT2D eigenvalue weighted by molar-refractivity contribution is -0.131. The van der Waals surface area contributed by atoms with Gasteiger partial charge in [-0.25, -0.2) is 9.78 Å². The number of nitrogens with one attached hydrogen (secondary N) is 1. The van der Waals surface area contributed by atoms with E-state index in [9.17, 15) is 9.59 Å². The van der Waals surface area contributed by atoms with Gasteiger partial charge in [0.25, 0.3) is 5.91 Å². The Hall–Kier alpha value is -2.89. The van der Waals surface area contributed by atoms with Crippen molar-refractivity contribution in [2.75, 3.05) is 5.32 Å². The average molecular weight is 285 g/mol. The predicted octanol–water partition coefficient (Wildman–Crippen LogP) is 2.08. The number of aromatic nitrogens is 2. The van der Waals surface area contributed by atoms with E-state index in [4.69, 9.17) is 5.11 Å². The second kappa shape index (κ2) is 6.04. The zero-order valence-electron chi connectivity index (χ0n) is 11.7. The van der Waals surface area contributed by atoms with E-state index in [-0.39, 0.29) is 5.91 Å². The maximum atomic E-state index is 12.1. The van der Waals surface area contributed by atoms with Crippen molar-refractivity contribution in [1.29, 1.82) is 0 Å². The van der Waals surface area contributed by atoms with Crippen LogP contribution < -0.4 is 5.32 Å². The number of carboxylic acid groups (broad SMARTS) is 1. The van der Waals surface area contributed by atoms with Gasteiger partial charge in [0.2, 0.25) is 0 Å². The number of carbonyl (C=O) groups excluding carboxylic acids is 1. The molecule has 0 fully saturated rings. The van der Waals surface area contributed by atoms with Crippen LogP contribution in [0.25, 0.3) is 6.08 Å². The summed E-state index contributed by atoms with van der Waals surface area (Å²) in [5, 5.41) is 11.4. The smallest absolute Gasteiger partial charge is 0.328 e. The maximum Gasteiger partial charge on any atom is 0.328 e. The standard InChI is InChI=1S/C15H15N3O3/c1-10-7-11(4-6-14(19)20)3-5-12(10)17-15(21)13-8-16-9-18(13)2/h3-9H,1-2H3,(H,17,21)(H,19,20)/b6-4+. The van der Waals surface area contributed by atoms with Crippen molar-refractivity contribution in [1.82, 2.24) is 9.55 Å². The van der Waals surface area contributed by atoms with Gasteiger partial charge < -0.3 is 15.0 Å². The van der Waals surface area contributed by atoms with Crippen molar-refractivity contribution >= 4 is 23.6 Å². The highest BCUT2D eigenvalue weighted by Gasteiger charge is 2.11. The number of hydrogen-bond acceptors (Lipinski definition) is 3. The minimum absolute atomic E-state index is 0.244. The van der Waals surface area contributed by atoms with E-state index < -0.39 is 5.97 Å². The Morgan fingerprint density at radius 2 is 2.14 bits per heavy atom. The molecular weight excluding hydrogens is 270 g/mol. The van der Waals surface area contributed by atoms with Crippen LogP contribution in [0.1, 0.15) is 21.6 Å². The van der Waals surface area contributed by atoms with Gasteiger partial charge in [0.15, 0.2) is 0 Å². The van der Waals surface area contributed by atoms with Gasteiger partial charge in [0.1, 0.15) is 5.69 Å². The van der Waals surface area contributed by atoms with Crippen LogP contribution in [0.5, 0.6) is 0 Å². The number of carbonyl (C=O) groups is 2. The van der Waals surface area contributed by atoms with Crippen molar-refractivity contribution in [3.05, 3.63) is 53.6 Å². The molecule has 0 radical (unpaired) electrons. The Labute approximate surface area is 121 Å². The number of aryl methyl sites for hydroxylation is 2. The van der Waals surface area contributed by atoms with Crippen molar-refractivity contribution in [2.45, 2.75) is 6.92 Å². The SMILES string of the molecule is Cc1cc(/C=C/C(=O)O)ccc1NC(=O)c1cncn1C. The van der Waals surface area contributed by atoms with Gasteiger partial charge in [-0.15, -0.1) is 0 Å². The van der Waals surface area contributed by atoms with Gasteiger partial charge in [-0.2, -0.15) is 0 Å². The summed E-state index contributed by atoms with van der Waals surface area (Å²) in [7, 11) is 1.74. The highest BCUT2D eigenvalue weighted by Crippen LogP contribution is 2.18. The van der Waals surface area contributed by atoms with Crippen LogP contribution in [-0.4, -0.2) is 26.5 Å². The molecule has 108 valence electrons. The summed E-state index contributed by atoms with van der Waals surface area (Å²) < 4.78 is 1.63. The molecular formula is C15H15N3O3. The first-order valence-corrected chi connectivity index (χ1v) is 6.26. The summed E-state index contributed by atoms with van der Waals surface area (Å²) in [6.45, 7) is 1.84. The van der Waals surface area contributed by atoms with Gasteiger partial charge >= 0.3 is 5.97 Å². The Morgan fingerprint density at radius 1 is 1.38 bits per heavy atom. The van der Waals surface area contributed by atoms with Gasteiger partial charge in [-0.1, -0.05) is 6.07 Å². The van der Waals surface area contributed by atoms with Crippen LogP contribution in [0.3, 0.4) is 0 Å². The van der Waals surface area contributed by atoms with Crippen LogP contribution in [0, 0.1) is 6.92 Å². The lowest BCUT2D eigenvalue weighted by atomic mass is 10.1. The molecule has 0 aliphatic carbocycles. The molecule has 1 aromatic carbocycles. The molecule has 21 heavy (non-hydrogen) atoms. The molecule has 0 bridgehead atoms. The Bertz CT molecular complexity index is 717. The molecule has 0 spiro atoms. The molecule has 6 heteroatoms.